The number of aromatic nitrogens is 1. The van der Waals surface area contributed by atoms with Gasteiger partial charge in [0.1, 0.15) is 6.04 Å². The number of anilines is 1. The minimum atomic E-state index is -0.641. The van der Waals surface area contributed by atoms with Gasteiger partial charge in [-0.3, -0.25) is 9.59 Å². The van der Waals surface area contributed by atoms with Crippen LogP contribution in [0.4, 0.5) is 5.13 Å². The summed E-state index contributed by atoms with van der Waals surface area (Å²) in [7, 11) is 0. The van der Waals surface area contributed by atoms with Crippen LogP contribution >= 0.6 is 23.1 Å². The summed E-state index contributed by atoms with van der Waals surface area (Å²) in [5, 5.41) is 10.6. The summed E-state index contributed by atoms with van der Waals surface area (Å²) < 4.78 is 0. The van der Waals surface area contributed by atoms with E-state index in [1.807, 2.05) is 55.0 Å². The lowest BCUT2D eigenvalue weighted by atomic mass is 10.1. The number of hydrogen-bond donors (Lipinski definition) is 2. The van der Waals surface area contributed by atoms with Crippen molar-refractivity contribution in [2.24, 2.45) is 0 Å². The number of thioether (sulfide) groups is 1. The van der Waals surface area contributed by atoms with Gasteiger partial charge in [-0.05, 0) is 53.8 Å². The van der Waals surface area contributed by atoms with E-state index in [0.717, 1.165) is 28.0 Å². The maximum absolute atomic E-state index is 13.0. The second-order valence-electron chi connectivity index (χ2n) is 7.71. The first kappa shape index (κ1) is 23.0. The minimum absolute atomic E-state index is 0.245. The highest BCUT2D eigenvalue weighted by molar-refractivity contribution is 7.98. The number of nitrogens with one attached hydrogen (secondary N) is 2. The molecule has 3 aromatic carbocycles. The number of benzene rings is 3. The summed E-state index contributed by atoms with van der Waals surface area (Å²) in [6, 6.07) is 21.1. The van der Waals surface area contributed by atoms with Crippen molar-refractivity contribution in [2.75, 3.05) is 17.3 Å². The molecule has 4 aromatic rings. The minimum Gasteiger partial charge on any atom is -0.340 e. The van der Waals surface area contributed by atoms with E-state index < -0.39 is 6.04 Å². The second kappa shape index (κ2) is 10.6. The Balaban J connectivity index is 1.48. The van der Waals surface area contributed by atoms with E-state index >= 15 is 0 Å². The molecule has 0 saturated heterocycles. The van der Waals surface area contributed by atoms with E-state index in [1.165, 1.54) is 16.7 Å². The van der Waals surface area contributed by atoms with E-state index in [-0.39, 0.29) is 11.8 Å². The van der Waals surface area contributed by atoms with Crippen molar-refractivity contribution < 1.29 is 9.59 Å². The van der Waals surface area contributed by atoms with E-state index in [9.17, 15) is 9.59 Å². The highest BCUT2D eigenvalue weighted by atomic mass is 32.2. The quantitative estimate of drug-likeness (QED) is 0.340. The molecule has 0 unspecified atom stereocenters. The molecule has 7 heteroatoms. The Labute approximate surface area is 201 Å². The molecule has 0 bridgehead atoms. The van der Waals surface area contributed by atoms with Crippen LogP contribution in [-0.2, 0) is 4.79 Å². The van der Waals surface area contributed by atoms with Crippen molar-refractivity contribution >= 4 is 50.8 Å². The predicted octanol–water partition coefficient (Wildman–Crippen LogP) is 5.76. The Bertz CT molecular complexity index is 1290. The van der Waals surface area contributed by atoms with Crippen LogP contribution in [0.5, 0.6) is 0 Å². The van der Waals surface area contributed by atoms with Crippen molar-refractivity contribution in [1.29, 1.82) is 0 Å². The summed E-state index contributed by atoms with van der Waals surface area (Å²) in [6.07, 6.45) is 2.52. The second-order valence-corrected chi connectivity index (χ2v) is 9.56. The number of nitrogens with zero attached hydrogens (tertiary/aromatic N) is 1. The van der Waals surface area contributed by atoms with E-state index in [4.69, 9.17) is 0 Å². The fourth-order valence-electron chi connectivity index (χ4n) is 3.57. The van der Waals surface area contributed by atoms with Crippen molar-refractivity contribution in [2.45, 2.75) is 19.4 Å². The van der Waals surface area contributed by atoms with Gasteiger partial charge in [0.15, 0.2) is 5.13 Å². The molecular weight excluding hydrogens is 450 g/mol. The standard InChI is InChI=1S/C26H25N3O2S2/c1-17-7-3-6-10-21(17)24(30)27-22(13-14-32-2)25(31)29-26-28-23(16-33-26)20-12-11-18-8-4-5-9-19(18)15-20/h3-12,15-16,22H,13-14H2,1-2H3,(H,27,30)(H,28,29,31)/t22-/m1/s1. The van der Waals surface area contributed by atoms with Crippen molar-refractivity contribution in [3.63, 3.8) is 0 Å². The summed E-state index contributed by atoms with van der Waals surface area (Å²) in [6.45, 7) is 1.88. The molecule has 1 aromatic heterocycles. The third kappa shape index (κ3) is 5.61. The highest BCUT2D eigenvalue weighted by Crippen LogP contribution is 2.28. The van der Waals surface area contributed by atoms with Gasteiger partial charge >= 0.3 is 0 Å². The van der Waals surface area contributed by atoms with Gasteiger partial charge in [-0.25, -0.2) is 4.98 Å². The lowest BCUT2D eigenvalue weighted by Gasteiger charge is -2.18. The molecular formula is C26H25N3O2S2. The van der Waals surface area contributed by atoms with Crippen LogP contribution in [0.3, 0.4) is 0 Å². The molecule has 1 atom stereocenters. The maximum atomic E-state index is 13.0. The summed E-state index contributed by atoms with van der Waals surface area (Å²) in [4.78, 5) is 30.4. The fraction of sp³-hybridized carbons (Fsp3) is 0.192. The molecule has 0 saturated carbocycles. The zero-order chi connectivity index (χ0) is 23.2. The number of hydrogen-bond acceptors (Lipinski definition) is 5. The maximum Gasteiger partial charge on any atom is 0.252 e. The van der Waals surface area contributed by atoms with Crippen molar-refractivity contribution in [3.8, 4) is 11.3 Å². The summed E-state index contributed by atoms with van der Waals surface area (Å²) in [5.41, 5.74) is 3.26. The van der Waals surface area contributed by atoms with Gasteiger partial charge in [-0.2, -0.15) is 11.8 Å². The number of carbonyl (C=O) groups is 2. The number of rotatable bonds is 8. The molecule has 0 aliphatic rings. The van der Waals surface area contributed by atoms with Crippen molar-refractivity contribution in [1.82, 2.24) is 10.3 Å². The van der Waals surface area contributed by atoms with E-state index in [2.05, 4.69) is 39.9 Å². The van der Waals surface area contributed by atoms with E-state index in [0.29, 0.717) is 17.1 Å². The summed E-state index contributed by atoms with van der Waals surface area (Å²) >= 11 is 3.01. The van der Waals surface area contributed by atoms with Gasteiger partial charge in [0.25, 0.3) is 5.91 Å². The van der Waals surface area contributed by atoms with Gasteiger partial charge in [-0.1, -0.05) is 54.6 Å². The number of aryl methyl sites for hydroxylation is 1. The molecule has 0 radical (unpaired) electrons. The van der Waals surface area contributed by atoms with Crippen molar-refractivity contribution in [3.05, 3.63) is 83.2 Å². The zero-order valence-electron chi connectivity index (χ0n) is 18.5. The fourth-order valence-corrected chi connectivity index (χ4v) is 4.77. The first-order valence-corrected chi connectivity index (χ1v) is 12.9. The Kier molecular flexibility index (Phi) is 7.42. The molecule has 0 spiro atoms. The van der Waals surface area contributed by atoms with Crippen LogP contribution in [0.2, 0.25) is 0 Å². The molecule has 2 amide bonds. The first-order chi connectivity index (χ1) is 16.0. The Morgan fingerprint density at radius 1 is 1.03 bits per heavy atom. The average Bonchev–Trinajstić information content (AvgIpc) is 3.30. The lowest BCUT2D eigenvalue weighted by Crippen LogP contribution is -2.44. The topological polar surface area (TPSA) is 71.1 Å². The van der Waals surface area contributed by atoms with Crippen LogP contribution in [0.15, 0.2) is 72.1 Å². The molecule has 0 aliphatic carbocycles. The monoisotopic (exact) mass is 475 g/mol. The Hall–Kier alpha value is -3.16. The molecule has 168 valence electrons. The van der Waals surface area contributed by atoms with Crippen LogP contribution < -0.4 is 10.6 Å². The molecule has 33 heavy (non-hydrogen) atoms. The van der Waals surface area contributed by atoms with Crippen LogP contribution in [0.1, 0.15) is 22.3 Å². The zero-order valence-corrected chi connectivity index (χ0v) is 20.1. The molecule has 0 fully saturated rings. The average molecular weight is 476 g/mol. The highest BCUT2D eigenvalue weighted by Gasteiger charge is 2.23. The first-order valence-electron chi connectivity index (χ1n) is 10.7. The molecule has 0 aliphatic heterocycles. The normalized spacial score (nSPS) is 11.8. The molecule has 2 N–H and O–H groups in total. The largest absolute Gasteiger partial charge is 0.340 e. The van der Waals surface area contributed by atoms with Crippen LogP contribution in [-0.4, -0.2) is 34.8 Å². The van der Waals surface area contributed by atoms with Gasteiger partial charge in [0, 0.05) is 16.5 Å². The smallest absolute Gasteiger partial charge is 0.252 e. The molecule has 4 rings (SSSR count). The molecule has 1 heterocycles. The van der Waals surface area contributed by atoms with Gasteiger partial charge in [0.05, 0.1) is 5.69 Å². The summed E-state index contributed by atoms with van der Waals surface area (Å²) in [5.74, 6) is 0.252. The Morgan fingerprint density at radius 3 is 2.58 bits per heavy atom. The van der Waals surface area contributed by atoms with Crippen LogP contribution in [0.25, 0.3) is 22.0 Å². The Morgan fingerprint density at radius 2 is 1.79 bits per heavy atom. The van der Waals surface area contributed by atoms with Crippen LogP contribution in [0, 0.1) is 6.92 Å². The molecule has 5 nitrogen and oxygen atoms in total. The number of carbonyl (C=O) groups excluding carboxylic acids is 2. The van der Waals surface area contributed by atoms with Gasteiger partial charge in [0.2, 0.25) is 5.91 Å². The number of thiazole rings is 1. The third-order valence-corrected chi connectivity index (χ3v) is 6.80. The number of amides is 2. The lowest BCUT2D eigenvalue weighted by molar-refractivity contribution is -0.118. The van der Waals surface area contributed by atoms with E-state index in [1.54, 1.807) is 17.8 Å². The van der Waals surface area contributed by atoms with Gasteiger partial charge in [-0.15, -0.1) is 11.3 Å². The SMILES string of the molecule is CSCC[C@@H](NC(=O)c1ccccc1C)C(=O)Nc1nc(-c2ccc3ccccc3c2)cs1. The predicted molar refractivity (Wildman–Crippen MR) is 139 cm³/mol. The number of fused-ring (bicyclic) bond motifs is 1. The van der Waals surface area contributed by atoms with Gasteiger partial charge < -0.3 is 10.6 Å². The third-order valence-electron chi connectivity index (χ3n) is 5.40.